The number of ketones is 1. The molecule has 0 aliphatic carbocycles. The summed E-state index contributed by atoms with van der Waals surface area (Å²) in [6, 6.07) is 20.0. The zero-order chi connectivity index (χ0) is 49.5. The van der Waals surface area contributed by atoms with E-state index >= 15 is 0 Å². The van der Waals surface area contributed by atoms with Crippen molar-refractivity contribution in [3.63, 3.8) is 0 Å². The van der Waals surface area contributed by atoms with Crippen molar-refractivity contribution in [1.82, 2.24) is 18.4 Å². The zero-order valence-corrected chi connectivity index (χ0v) is 42.9. The van der Waals surface area contributed by atoms with E-state index in [1.54, 1.807) is 59.1 Å². The monoisotopic (exact) mass is 963 g/mol. The van der Waals surface area contributed by atoms with Gasteiger partial charge in [-0.3, -0.25) is 9.59 Å². The molecule has 2 N–H and O–H groups in total. The van der Waals surface area contributed by atoms with Gasteiger partial charge in [-0.25, -0.2) is 21.1 Å². The van der Waals surface area contributed by atoms with Crippen molar-refractivity contribution in [2.24, 2.45) is 5.73 Å². The van der Waals surface area contributed by atoms with Gasteiger partial charge in [-0.1, -0.05) is 36.4 Å². The van der Waals surface area contributed by atoms with Crippen molar-refractivity contribution < 1.29 is 40.6 Å². The van der Waals surface area contributed by atoms with Crippen molar-refractivity contribution >= 4 is 32.3 Å². The van der Waals surface area contributed by atoms with Crippen LogP contribution in [0, 0.1) is 27.7 Å². The zero-order valence-electron chi connectivity index (χ0n) is 41.3. The molecule has 0 aromatic heterocycles. The first-order valence-electron chi connectivity index (χ1n) is 22.8. The Labute approximate surface area is 400 Å². The normalized spacial score (nSPS) is 14.3. The maximum absolute atomic E-state index is 13.1. The molecule has 4 aromatic rings. The third-order valence-electron chi connectivity index (χ3n) is 12.5. The molecule has 2 aliphatic heterocycles. The number of ether oxygens (including phenoxy) is 3. The first-order valence-corrected chi connectivity index (χ1v) is 25.7. The van der Waals surface area contributed by atoms with Crippen LogP contribution in [0.4, 0.5) is 0 Å². The molecule has 0 bridgehead atoms. The van der Waals surface area contributed by atoms with Gasteiger partial charge < -0.3 is 29.7 Å². The third kappa shape index (κ3) is 15.4. The van der Waals surface area contributed by atoms with Gasteiger partial charge in [0.2, 0.25) is 20.0 Å². The van der Waals surface area contributed by atoms with E-state index in [4.69, 9.17) is 15.2 Å². The Morgan fingerprint density at radius 2 is 1.03 bits per heavy atom. The predicted octanol–water partition coefficient (Wildman–Crippen LogP) is 5.84. The molecule has 0 amide bonds. The molecular weight excluding hydrogens is 891 g/mol. The first-order chi connectivity index (χ1) is 31.7. The Morgan fingerprint density at radius 1 is 0.627 bits per heavy atom. The quantitative estimate of drug-likeness (QED) is 0.0994. The lowest BCUT2D eigenvalue weighted by Crippen LogP contribution is -2.31. The average molecular weight is 964 g/mol. The Kier molecular flexibility index (Phi) is 21.0. The van der Waals surface area contributed by atoms with E-state index in [1.807, 2.05) is 0 Å². The van der Waals surface area contributed by atoms with E-state index in [9.17, 15) is 26.4 Å². The summed E-state index contributed by atoms with van der Waals surface area (Å²) in [5, 5.41) is 0. The second-order valence-electron chi connectivity index (χ2n) is 17.6. The number of Topliss-reactive ketones (excluding diaryl/α,β-unsaturated/α-hetero) is 1. The van der Waals surface area contributed by atoms with E-state index in [0.29, 0.717) is 59.6 Å². The number of fused-ring (bicyclic) bond motifs is 2. The fourth-order valence-corrected chi connectivity index (χ4v) is 11.5. The van der Waals surface area contributed by atoms with Gasteiger partial charge in [0, 0.05) is 72.8 Å². The van der Waals surface area contributed by atoms with E-state index in [0.717, 1.165) is 30.2 Å². The van der Waals surface area contributed by atoms with Crippen LogP contribution in [0.5, 0.6) is 11.5 Å². The van der Waals surface area contributed by atoms with Crippen LogP contribution in [0.2, 0.25) is 0 Å². The number of carbonyl (C=O) groups is 2. The molecule has 67 heavy (non-hydrogen) atoms. The molecular formula is C51H73N5O9S2. The van der Waals surface area contributed by atoms with Crippen molar-refractivity contribution in [2.75, 3.05) is 88.3 Å². The number of rotatable bonds is 17. The number of carbonyl (C=O) groups excluding carboxylic acids is 2. The lowest BCUT2D eigenvalue weighted by atomic mass is 9.97. The van der Waals surface area contributed by atoms with E-state index in [1.165, 1.54) is 84.8 Å². The molecule has 0 fully saturated rings. The second kappa shape index (κ2) is 25.6. The summed E-state index contributed by atoms with van der Waals surface area (Å²) >= 11 is 0. The summed E-state index contributed by atoms with van der Waals surface area (Å²) < 4.78 is 68.6. The lowest BCUT2D eigenvalue weighted by molar-refractivity contribution is -0.128. The molecule has 0 saturated heterocycles. The van der Waals surface area contributed by atoms with Crippen LogP contribution in [-0.2, 0) is 73.0 Å². The molecule has 14 nitrogen and oxygen atoms in total. The summed E-state index contributed by atoms with van der Waals surface area (Å²) in [5.41, 5.74) is 16.4. The van der Waals surface area contributed by atoms with Crippen LogP contribution in [-0.4, -0.2) is 136 Å². The minimum absolute atomic E-state index is 0.0213. The maximum Gasteiger partial charge on any atom is 0.293 e. The van der Waals surface area contributed by atoms with E-state index in [-0.39, 0.29) is 41.7 Å². The molecule has 16 heteroatoms. The molecule has 0 saturated carbocycles. The number of sulfonamides is 2. The standard InChI is InChI=1S/C26H36N2O4S.C13H19NO5S.C12H18N2/c1-19-16-25(32-5)17-20(2)26(19)33(30,31)28(4)15-12-24(29)9-7-21-6-8-22-10-13-27(3)14-11-23(22)18-21;1-10-7-12(18-4)8-11(2)13(10)20(16,17)14(3)5-6-19-9-15;1-14-6-4-11-3-2-10(9-13)8-12(11)5-7-14/h6,8,16-18H,7,9-15H2,1-5H3;7-9H,5-6H2,1-4H3;2-3,8H,4-7,9,13H2,1H3. The smallest absolute Gasteiger partial charge is 0.293 e. The molecule has 0 atom stereocenters. The van der Waals surface area contributed by atoms with Crippen LogP contribution < -0.4 is 15.2 Å². The Bertz CT molecular complexity index is 2490. The molecule has 0 unspecified atom stereocenters. The third-order valence-corrected chi connectivity index (χ3v) is 16.8. The molecule has 0 radical (unpaired) electrons. The number of hydrogen-bond donors (Lipinski definition) is 1. The van der Waals surface area contributed by atoms with E-state index in [2.05, 4.69) is 65.0 Å². The molecule has 368 valence electrons. The highest BCUT2D eigenvalue weighted by atomic mass is 32.2. The number of likely N-dealkylation sites (N-methyl/N-ethyl adjacent to an activating group) is 3. The summed E-state index contributed by atoms with van der Waals surface area (Å²) in [6.07, 6.45) is 5.78. The fraction of sp³-hybridized carbons (Fsp3) is 0.490. The highest BCUT2D eigenvalue weighted by Gasteiger charge is 2.27. The Hall–Kier alpha value is -4.68. The number of methoxy groups -OCH3 is 2. The van der Waals surface area contributed by atoms with Gasteiger partial charge in [0.15, 0.2) is 0 Å². The van der Waals surface area contributed by atoms with Crippen LogP contribution >= 0.6 is 0 Å². The van der Waals surface area contributed by atoms with Crippen molar-refractivity contribution in [3.05, 3.63) is 116 Å². The second-order valence-corrected chi connectivity index (χ2v) is 21.6. The molecule has 2 aliphatic rings. The highest BCUT2D eigenvalue weighted by Crippen LogP contribution is 2.29. The Balaban J connectivity index is 0.000000243. The van der Waals surface area contributed by atoms with E-state index < -0.39 is 20.0 Å². The molecule has 6 rings (SSSR count). The van der Waals surface area contributed by atoms with Crippen molar-refractivity contribution in [2.45, 2.75) is 89.0 Å². The van der Waals surface area contributed by atoms with Crippen LogP contribution in [0.25, 0.3) is 0 Å². The summed E-state index contributed by atoms with van der Waals surface area (Å²) in [4.78, 5) is 27.9. The largest absolute Gasteiger partial charge is 0.497 e. The summed E-state index contributed by atoms with van der Waals surface area (Å²) in [5.74, 6) is 1.33. The van der Waals surface area contributed by atoms with Gasteiger partial charge in [-0.15, -0.1) is 0 Å². The van der Waals surface area contributed by atoms with Gasteiger partial charge >= 0.3 is 0 Å². The Morgan fingerprint density at radius 3 is 1.45 bits per heavy atom. The molecule has 2 heterocycles. The van der Waals surface area contributed by atoms with Gasteiger partial charge in [-0.2, -0.15) is 4.31 Å². The number of benzene rings is 4. The van der Waals surface area contributed by atoms with Crippen LogP contribution in [0.3, 0.4) is 0 Å². The van der Waals surface area contributed by atoms with Crippen molar-refractivity contribution in [1.29, 1.82) is 0 Å². The van der Waals surface area contributed by atoms with Gasteiger partial charge in [0.25, 0.3) is 6.47 Å². The molecule has 0 spiro atoms. The topological polar surface area (TPSA) is 169 Å². The summed E-state index contributed by atoms with van der Waals surface area (Å²) in [6.45, 7) is 12.7. The minimum atomic E-state index is -3.68. The number of nitrogens with two attached hydrogens (primary N) is 1. The number of nitrogens with zero attached hydrogens (tertiary/aromatic N) is 4. The average Bonchev–Trinajstić information content (AvgIpc) is 3.60. The number of hydrogen-bond acceptors (Lipinski definition) is 12. The number of aryl methyl sites for hydroxylation is 5. The van der Waals surface area contributed by atoms with Crippen molar-refractivity contribution in [3.8, 4) is 11.5 Å². The van der Waals surface area contributed by atoms with Crippen LogP contribution in [0.15, 0.2) is 70.5 Å². The fourth-order valence-electron chi connectivity index (χ4n) is 8.41. The van der Waals surface area contributed by atoms with Gasteiger partial charge in [-0.05, 0) is 154 Å². The maximum atomic E-state index is 13.1. The molecule has 4 aromatic carbocycles. The SMILES string of the molecule is CN1CCc2ccc(CN)cc2CC1.COc1cc(C)c(S(=O)(=O)N(C)CCC(=O)CCc2ccc3c(c2)CCN(C)CC3)c(C)c1.COc1cc(C)c(S(=O)(=O)N(C)CCOC=O)c(C)c1. The lowest BCUT2D eigenvalue weighted by Gasteiger charge is -2.20. The summed E-state index contributed by atoms with van der Waals surface area (Å²) in [7, 11) is 3.11. The van der Waals surface area contributed by atoms with Crippen LogP contribution in [0.1, 0.15) is 68.5 Å². The predicted molar refractivity (Wildman–Crippen MR) is 265 cm³/mol. The van der Waals surface area contributed by atoms with Gasteiger partial charge in [0.05, 0.1) is 24.0 Å². The van der Waals surface area contributed by atoms with Gasteiger partial charge in [0.1, 0.15) is 23.9 Å². The minimum Gasteiger partial charge on any atom is -0.497 e. The first kappa shape index (κ1) is 54.9. The highest BCUT2D eigenvalue weighted by molar-refractivity contribution is 7.89.